The van der Waals surface area contributed by atoms with Crippen LogP contribution >= 0.6 is 11.6 Å². The maximum absolute atomic E-state index is 11.9. The van der Waals surface area contributed by atoms with Crippen LogP contribution in [0.4, 0.5) is 5.82 Å². The molecule has 1 aromatic rings. The molecule has 5 heteroatoms. The number of carbonyl (C=O) groups is 1. The van der Waals surface area contributed by atoms with Gasteiger partial charge in [-0.1, -0.05) is 31.4 Å². The van der Waals surface area contributed by atoms with Gasteiger partial charge in [0.1, 0.15) is 11.5 Å². The first kappa shape index (κ1) is 13.8. The minimum atomic E-state index is -0.272. The number of aromatic nitrogens is 1. The van der Waals surface area contributed by atoms with Crippen molar-refractivity contribution in [3.63, 3.8) is 0 Å². The summed E-state index contributed by atoms with van der Waals surface area (Å²) >= 11 is 5.90. The lowest BCUT2D eigenvalue weighted by molar-refractivity contribution is 0.0933. The minimum Gasteiger partial charge on any atom is -0.384 e. The van der Waals surface area contributed by atoms with Crippen LogP contribution in [0.2, 0.25) is 5.02 Å². The van der Waals surface area contributed by atoms with Gasteiger partial charge in [0.2, 0.25) is 0 Å². The van der Waals surface area contributed by atoms with E-state index in [-0.39, 0.29) is 17.6 Å². The summed E-state index contributed by atoms with van der Waals surface area (Å²) < 4.78 is 0. The van der Waals surface area contributed by atoms with Crippen molar-refractivity contribution < 1.29 is 4.79 Å². The van der Waals surface area contributed by atoms with Gasteiger partial charge in [0.05, 0.1) is 5.02 Å². The monoisotopic (exact) mass is 255 g/mol. The number of nitrogens with zero attached hydrogens (tertiary/aromatic N) is 1. The van der Waals surface area contributed by atoms with Crippen LogP contribution < -0.4 is 11.1 Å². The van der Waals surface area contributed by atoms with Gasteiger partial charge in [0.15, 0.2) is 0 Å². The molecule has 1 aromatic heterocycles. The second-order valence-electron chi connectivity index (χ2n) is 4.08. The van der Waals surface area contributed by atoms with Crippen molar-refractivity contribution in [1.82, 2.24) is 10.3 Å². The van der Waals surface area contributed by atoms with Gasteiger partial charge in [0, 0.05) is 6.04 Å². The summed E-state index contributed by atoms with van der Waals surface area (Å²) in [4.78, 5) is 15.8. The number of hydrogen-bond acceptors (Lipinski definition) is 3. The Morgan fingerprint density at radius 3 is 2.94 bits per heavy atom. The number of anilines is 1. The van der Waals surface area contributed by atoms with Crippen LogP contribution in [0.5, 0.6) is 0 Å². The molecule has 1 rings (SSSR count). The largest absolute Gasteiger partial charge is 0.384 e. The number of hydrogen-bond donors (Lipinski definition) is 2. The molecule has 1 amide bonds. The van der Waals surface area contributed by atoms with Gasteiger partial charge in [0.25, 0.3) is 5.91 Å². The van der Waals surface area contributed by atoms with E-state index in [9.17, 15) is 4.79 Å². The number of nitrogens with one attached hydrogen (secondary N) is 1. The van der Waals surface area contributed by atoms with Crippen molar-refractivity contribution in [1.29, 1.82) is 0 Å². The average Bonchev–Trinajstić information content (AvgIpc) is 2.29. The van der Waals surface area contributed by atoms with Gasteiger partial charge in [-0.15, -0.1) is 0 Å². The molecule has 0 saturated carbocycles. The molecule has 0 aliphatic carbocycles. The third-order valence-electron chi connectivity index (χ3n) is 2.45. The summed E-state index contributed by atoms with van der Waals surface area (Å²) in [6, 6.07) is 3.26. The second kappa shape index (κ2) is 6.45. The molecule has 0 spiro atoms. The van der Waals surface area contributed by atoms with Crippen LogP contribution in [0.1, 0.15) is 43.6 Å². The Morgan fingerprint density at radius 2 is 2.29 bits per heavy atom. The highest BCUT2D eigenvalue weighted by Crippen LogP contribution is 2.15. The predicted molar refractivity (Wildman–Crippen MR) is 70.1 cm³/mol. The molecule has 0 aliphatic rings. The molecular weight excluding hydrogens is 238 g/mol. The van der Waals surface area contributed by atoms with Gasteiger partial charge >= 0.3 is 0 Å². The molecule has 1 atom stereocenters. The molecule has 0 aromatic carbocycles. The number of nitrogens with two attached hydrogens (primary N) is 1. The van der Waals surface area contributed by atoms with E-state index in [1.165, 1.54) is 0 Å². The van der Waals surface area contributed by atoms with Gasteiger partial charge in [-0.3, -0.25) is 4.79 Å². The van der Waals surface area contributed by atoms with Crippen LogP contribution in [0.3, 0.4) is 0 Å². The quantitative estimate of drug-likeness (QED) is 0.850. The van der Waals surface area contributed by atoms with Gasteiger partial charge in [-0.25, -0.2) is 4.98 Å². The van der Waals surface area contributed by atoms with Crippen LogP contribution in [0.15, 0.2) is 12.1 Å². The zero-order chi connectivity index (χ0) is 12.8. The van der Waals surface area contributed by atoms with E-state index in [0.29, 0.717) is 10.8 Å². The molecule has 0 bridgehead atoms. The van der Waals surface area contributed by atoms with Crippen molar-refractivity contribution in [2.75, 3.05) is 5.73 Å². The topological polar surface area (TPSA) is 68.0 Å². The highest BCUT2D eigenvalue weighted by Gasteiger charge is 2.14. The number of pyridine rings is 1. The van der Waals surface area contributed by atoms with Crippen molar-refractivity contribution >= 4 is 23.3 Å². The zero-order valence-electron chi connectivity index (χ0n) is 10.2. The first-order chi connectivity index (χ1) is 8.04. The highest BCUT2D eigenvalue weighted by molar-refractivity contribution is 6.33. The maximum atomic E-state index is 11.9. The number of rotatable bonds is 5. The van der Waals surface area contributed by atoms with E-state index in [2.05, 4.69) is 17.2 Å². The first-order valence-electron chi connectivity index (χ1n) is 5.77. The Morgan fingerprint density at radius 1 is 1.59 bits per heavy atom. The van der Waals surface area contributed by atoms with Crippen LogP contribution in [-0.2, 0) is 0 Å². The molecule has 0 saturated heterocycles. The van der Waals surface area contributed by atoms with E-state index in [1.54, 1.807) is 12.1 Å². The smallest absolute Gasteiger partial charge is 0.271 e. The van der Waals surface area contributed by atoms with Crippen LogP contribution in [-0.4, -0.2) is 16.9 Å². The van der Waals surface area contributed by atoms with Gasteiger partial charge < -0.3 is 11.1 Å². The second-order valence-corrected chi connectivity index (χ2v) is 4.49. The van der Waals surface area contributed by atoms with Crippen molar-refractivity contribution in [2.45, 2.75) is 39.2 Å². The highest BCUT2D eigenvalue weighted by atomic mass is 35.5. The lowest BCUT2D eigenvalue weighted by Crippen LogP contribution is -2.33. The SMILES string of the molecule is CCCCC(C)NC(=O)c1nc(N)ccc1Cl. The normalized spacial score (nSPS) is 12.2. The Kier molecular flexibility index (Phi) is 5.22. The molecule has 94 valence electrons. The fraction of sp³-hybridized carbons (Fsp3) is 0.500. The van der Waals surface area contributed by atoms with Crippen molar-refractivity contribution in [3.05, 3.63) is 22.8 Å². The number of carbonyl (C=O) groups excluding carboxylic acids is 1. The first-order valence-corrected chi connectivity index (χ1v) is 6.15. The third kappa shape index (κ3) is 4.23. The molecule has 1 heterocycles. The Hall–Kier alpha value is -1.29. The fourth-order valence-corrected chi connectivity index (χ4v) is 1.68. The standard InChI is InChI=1S/C12H18ClN3O/c1-3-4-5-8(2)15-12(17)11-9(13)6-7-10(14)16-11/h6-8H,3-5H2,1-2H3,(H2,14,16)(H,15,17). The summed E-state index contributed by atoms with van der Waals surface area (Å²) in [5.41, 5.74) is 5.72. The Labute approximate surface area is 107 Å². The lowest BCUT2D eigenvalue weighted by Gasteiger charge is -2.13. The number of unbranched alkanes of at least 4 members (excludes halogenated alkanes) is 1. The molecule has 0 aliphatic heterocycles. The molecule has 1 unspecified atom stereocenters. The van der Waals surface area contributed by atoms with Gasteiger partial charge in [-0.05, 0) is 25.5 Å². The molecule has 3 N–H and O–H groups in total. The Balaban J connectivity index is 2.66. The summed E-state index contributed by atoms with van der Waals surface area (Å²) in [6.07, 6.45) is 3.14. The molecular formula is C12H18ClN3O. The average molecular weight is 256 g/mol. The van der Waals surface area contributed by atoms with E-state index >= 15 is 0 Å². The molecule has 4 nitrogen and oxygen atoms in total. The third-order valence-corrected chi connectivity index (χ3v) is 2.76. The van der Waals surface area contributed by atoms with Gasteiger partial charge in [-0.2, -0.15) is 0 Å². The lowest BCUT2D eigenvalue weighted by atomic mass is 10.1. The summed E-state index contributed by atoms with van der Waals surface area (Å²) in [5.74, 6) is 0.0201. The van der Waals surface area contributed by atoms with E-state index in [4.69, 9.17) is 17.3 Å². The van der Waals surface area contributed by atoms with Crippen molar-refractivity contribution in [3.8, 4) is 0 Å². The maximum Gasteiger partial charge on any atom is 0.271 e. The molecule has 0 fully saturated rings. The molecule has 17 heavy (non-hydrogen) atoms. The number of amides is 1. The Bertz CT molecular complexity index is 395. The minimum absolute atomic E-state index is 0.113. The fourth-order valence-electron chi connectivity index (χ4n) is 1.49. The van der Waals surface area contributed by atoms with E-state index < -0.39 is 0 Å². The number of halogens is 1. The van der Waals surface area contributed by atoms with Crippen molar-refractivity contribution in [2.24, 2.45) is 0 Å². The number of nitrogen functional groups attached to an aromatic ring is 1. The predicted octanol–water partition coefficient (Wildman–Crippen LogP) is 2.63. The van der Waals surface area contributed by atoms with E-state index in [1.807, 2.05) is 6.92 Å². The zero-order valence-corrected chi connectivity index (χ0v) is 10.9. The van der Waals surface area contributed by atoms with Crippen LogP contribution in [0.25, 0.3) is 0 Å². The summed E-state index contributed by atoms with van der Waals surface area (Å²) in [6.45, 7) is 4.08. The summed E-state index contributed by atoms with van der Waals surface area (Å²) in [5, 5.41) is 3.18. The molecule has 0 radical (unpaired) electrons. The summed E-state index contributed by atoms with van der Waals surface area (Å²) in [7, 11) is 0. The van der Waals surface area contributed by atoms with E-state index in [0.717, 1.165) is 19.3 Å². The van der Waals surface area contributed by atoms with Crippen LogP contribution in [0, 0.1) is 0 Å².